The van der Waals surface area contributed by atoms with Gasteiger partial charge in [-0.05, 0) is 25.0 Å². The number of ether oxygens (including phenoxy) is 1. The minimum atomic E-state index is -0.366. The molecule has 2 fully saturated rings. The Morgan fingerprint density at radius 1 is 1.12 bits per heavy atom. The van der Waals surface area contributed by atoms with Crippen LogP contribution in [0.4, 0.5) is 10.5 Å². The van der Waals surface area contributed by atoms with Crippen molar-refractivity contribution in [1.82, 2.24) is 15.5 Å². The van der Waals surface area contributed by atoms with Crippen molar-refractivity contribution in [1.29, 1.82) is 0 Å². The summed E-state index contributed by atoms with van der Waals surface area (Å²) in [5, 5.41) is 5.33. The summed E-state index contributed by atoms with van der Waals surface area (Å²) < 4.78 is 5.42. The van der Waals surface area contributed by atoms with Crippen molar-refractivity contribution < 1.29 is 14.3 Å². The minimum Gasteiger partial charge on any atom is -0.495 e. The summed E-state index contributed by atoms with van der Waals surface area (Å²) in [5.74, 6) is 0.619. The quantitative estimate of drug-likeness (QED) is 0.834. The Bertz CT molecular complexity index is 623. The van der Waals surface area contributed by atoms with E-state index in [9.17, 15) is 9.59 Å². The highest BCUT2D eigenvalue weighted by atomic mass is 16.5. The number of benzene rings is 1. The fourth-order valence-electron chi connectivity index (χ4n) is 3.70. The van der Waals surface area contributed by atoms with Crippen molar-refractivity contribution in [3.8, 4) is 5.75 Å². The summed E-state index contributed by atoms with van der Waals surface area (Å²) in [6, 6.07) is 7.81. The third-order valence-corrected chi connectivity index (χ3v) is 5.11. The number of imide groups is 1. The van der Waals surface area contributed by atoms with E-state index in [1.54, 1.807) is 7.11 Å². The first-order chi connectivity index (χ1) is 12.7. The monoisotopic (exact) mass is 360 g/mol. The van der Waals surface area contributed by atoms with Gasteiger partial charge < -0.3 is 15.0 Å². The van der Waals surface area contributed by atoms with Gasteiger partial charge in [0.25, 0.3) is 0 Å². The lowest BCUT2D eigenvalue weighted by Crippen LogP contribution is -2.51. The number of amides is 3. The van der Waals surface area contributed by atoms with Gasteiger partial charge in [-0.25, -0.2) is 4.79 Å². The molecule has 0 spiro atoms. The number of carbonyl (C=O) groups is 2. The molecule has 1 aromatic rings. The Hall–Kier alpha value is -2.28. The van der Waals surface area contributed by atoms with Crippen LogP contribution in [-0.4, -0.2) is 62.7 Å². The Kier molecular flexibility index (Phi) is 6.33. The van der Waals surface area contributed by atoms with E-state index in [1.807, 2.05) is 18.2 Å². The zero-order valence-corrected chi connectivity index (χ0v) is 15.4. The maximum Gasteiger partial charge on any atom is 0.321 e. The summed E-state index contributed by atoms with van der Waals surface area (Å²) in [6.45, 7) is 3.44. The van der Waals surface area contributed by atoms with Crippen LogP contribution in [0.3, 0.4) is 0 Å². The van der Waals surface area contributed by atoms with E-state index in [0.717, 1.165) is 63.3 Å². The zero-order chi connectivity index (χ0) is 18.4. The summed E-state index contributed by atoms with van der Waals surface area (Å²) in [5.41, 5.74) is 1.08. The van der Waals surface area contributed by atoms with Crippen LogP contribution < -0.4 is 20.3 Å². The molecule has 0 unspecified atom stereocenters. The maximum atomic E-state index is 12.1. The van der Waals surface area contributed by atoms with Crippen molar-refractivity contribution in [3.05, 3.63) is 24.3 Å². The lowest BCUT2D eigenvalue weighted by Gasteiger charge is -2.36. The second-order valence-corrected chi connectivity index (χ2v) is 6.94. The molecular formula is C19H28N4O3. The van der Waals surface area contributed by atoms with Crippen molar-refractivity contribution in [2.24, 2.45) is 0 Å². The molecule has 7 heteroatoms. The molecule has 26 heavy (non-hydrogen) atoms. The number of anilines is 1. The van der Waals surface area contributed by atoms with Gasteiger partial charge in [-0.2, -0.15) is 0 Å². The Balaban J connectivity index is 1.42. The number of hydrogen-bond donors (Lipinski definition) is 2. The highest BCUT2D eigenvalue weighted by Gasteiger charge is 2.22. The van der Waals surface area contributed by atoms with Gasteiger partial charge in [-0.15, -0.1) is 0 Å². The van der Waals surface area contributed by atoms with E-state index in [1.165, 1.54) is 0 Å². The van der Waals surface area contributed by atoms with Gasteiger partial charge in [0.2, 0.25) is 5.91 Å². The average molecular weight is 360 g/mol. The third-order valence-electron chi connectivity index (χ3n) is 5.11. The molecule has 1 aliphatic carbocycles. The first-order valence-corrected chi connectivity index (χ1v) is 9.36. The van der Waals surface area contributed by atoms with Crippen molar-refractivity contribution in [2.45, 2.75) is 31.7 Å². The molecule has 0 aromatic heterocycles. The van der Waals surface area contributed by atoms with Crippen LogP contribution in [0.15, 0.2) is 24.3 Å². The molecule has 3 rings (SSSR count). The number of para-hydroxylation sites is 2. The lowest BCUT2D eigenvalue weighted by molar-refractivity contribution is -0.121. The average Bonchev–Trinajstić information content (AvgIpc) is 3.15. The van der Waals surface area contributed by atoms with Gasteiger partial charge >= 0.3 is 6.03 Å². The van der Waals surface area contributed by atoms with Crippen LogP contribution in [0.25, 0.3) is 0 Å². The number of hydrogen-bond acceptors (Lipinski definition) is 5. The van der Waals surface area contributed by atoms with Gasteiger partial charge in [0.05, 0.1) is 19.3 Å². The maximum absolute atomic E-state index is 12.1. The molecule has 7 nitrogen and oxygen atoms in total. The first kappa shape index (κ1) is 18.5. The standard InChI is InChI=1S/C19H28N4O3/c1-26-17-9-5-4-8-16(17)23-12-10-22(11-13-23)14-18(24)21-19(25)20-15-6-2-3-7-15/h4-5,8-9,15H,2-3,6-7,10-14H2,1H3,(H2,20,21,24,25). The predicted molar refractivity (Wildman–Crippen MR) is 101 cm³/mol. The summed E-state index contributed by atoms with van der Waals surface area (Å²) >= 11 is 0. The highest BCUT2D eigenvalue weighted by molar-refractivity contribution is 5.95. The number of rotatable bonds is 5. The van der Waals surface area contributed by atoms with E-state index >= 15 is 0 Å². The van der Waals surface area contributed by atoms with E-state index in [2.05, 4.69) is 26.5 Å². The third kappa shape index (κ3) is 4.88. The molecule has 1 saturated carbocycles. The molecule has 0 atom stereocenters. The van der Waals surface area contributed by atoms with Crippen LogP contribution in [0.1, 0.15) is 25.7 Å². The number of nitrogens with one attached hydrogen (secondary N) is 2. The van der Waals surface area contributed by atoms with Crippen molar-refractivity contribution in [2.75, 3.05) is 44.7 Å². The predicted octanol–water partition coefficient (Wildman–Crippen LogP) is 1.59. The van der Waals surface area contributed by atoms with Gasteiger partial charge in [-0.1, -0.05) is 25.0 Å². The first-order valence-electron chi connectivity index (χ1n) is 9.36. The Labute approximate surface area is 154 Å². The number of methoxy groups -OCH3 is 1. The fourth-order valence-corrected chi connectivity index (χ4v) is 3.70. The van der Waals surface area contributed by atoms with Crippen LogP contribution >= 0.6 is 0 Å². The van der Waals surface area contributed by atoms with E-state index in [4.69, 9.17) is 4.74 Å². The number of urea groups is 1. The molecule has 0 radical (unpaired) electrons. The van der Waals surface area contributed by atoms with Crippen LogP contribution in [-0.2, 0) is 4.79 Å². The zero-order valence-electron chi connectivity index (χ0n) is 15.4. The lowest BCUT2D eigenvalue weighted by atomic mass is 10.2. The molecule has 1 aromatic carbocycles. The largest absolute Gasteiger partial charge is 0.495 e. The summed E-state index contributed by atoms with van der Waals surface area (Å²) in [7, 11) is 1.68. The van der Waals surface area contributed by atoms with Crippen LogP contribution in [0, 0.1) is 0 Å². The van der Waals surface area contributed by atoms with Crippen LogP contribution in [0.2, 0.25) is 0 Å². The highest BCUT2D eigenvalue weighted by Crippen LogP contribution is 2.28. The van der Waals surface area contributed by atoms with Crippen LogP contribution in [0.5, 0.6) is 5.75 Å². The molecule has 1 aliphatic heterocycles. The van der Waals surface area contributed by atoms with E-state index in [0.29, 0.717) is 0 Å². The Morgan fingerprint density at radius 2 is 1.81 bits per heavy atom. The second-order valence-electron chi connectivity index (χ2n) is 6.94. The number of piperazine rings is 1. The number of carbonyl (C=O) groups excluding carboxylic acids is 2. The van der Waals surface area contributed by atoms with Gasteiger partial charge in [0, 0.05) is 32.2 Å². The van der Waals surface area contributed by atoms with Crippen molar-refractivity contribution >= 4 is 17.6 Å². The van der Waals surface area contributed by atoms with Gasteiger partial charge in [-0.3, -0.25) is 15.0 Å². The smallest absolute Gasteiger partial charge is 0.321 e. The van der Waals surface area contributed by atoms with Gasteiger partial charge in [0.15, 0.2) is 0 Å². The molecule has 3 amide bonds. The molecule has 1 saturated heterocycles. The molecule has 0 bridgehead atoms. The molecule has 2 N–H and O–H groups in total. The summed E-state index contributed by atoms with van der Waals surface area (Å²) in [6.07, 6.45) is 4.31. The normalized spacial score (nSPS) is 18.6. The molecule has 142 valence electrons. The van der Waals surface area contributed by atoms with E-state index in [-0.39, 0.29) is 24.5 Å². The summed E-state index contributed by atoms with van der Waals surface area (Å²) in [4.78, 5) is 28.3. The fraction of sp³-hybridized carbons (Fsp3) is 0.579. The molecule has 1 heterocycles. The van der Waals surface area contributed by atoms with E-state index < -0.39 is 0 Å². The van der Waals surface area contributed by atoms with Crippen molar-refractivity contribution in [3.63, 3.8) is 0 Å². The minimum absolute atomic E-state index is 0.215. The Morgan fingerprint density at radius 3 is 2.50 bits per heavy atom. The van der Waals surface area contributed by atoms with Gasteiger partial charge in [0.1, 0.15) is 5.75 Å². The molecular weight excluding hydrogens is 332 g/mol. The second kappa shape index (κ2) is 8.89. The topological polar surface area (TPSA) is 73.9 Å². The SMILES string of the molecule is COc1ccccc1N1CCN(CC(=O)NC(=O)NC2CCCC2)CC1. The molecule has 2 aliphatic rings. The number of nitrogens with zero attached hydrogens (tertiary/aromatic N) is 2.